The Bertz CT molecular complexity index is 1110. The Labute approximate surface area is 181 Å². The van der Waals surface area contributed by atoms with E-state index in [0.29, 0.717) is 24.7 Å². The summed E-state index contributed by atoms with van der Waals surface area (Å²) < 4.78 is 12.5. The highest BCUT2D eigenvalue weighted by Gasteiger charge is 2.32. The summed E-state index contributed by atoms with van der Waals surface area (Å²) in [5.74, 6) is 1.38. The molecule has 2 aromatic heterocycles. The quantitative estimate of drug-likeness (QED) is 0.677. The largest absolute Gasteiger partial charge is 0.497 e. The molecule has 2 unspecified atom stereocenters. The number of nitrogens with zero attached hydrogens (tertiary/aromatic N) is 4. The van der Waals surface area contributed by atoms with E-state index in [1.807, 2.05) is 36.4 Å². The third kappa shape index (κ3) is 4.59. The van der Waals surface area contributed by atoms with Gasteiger partial charge in [-0.25, -0.2) is 4.68 Å². The van der Waals surface area contributed by atoms with Crippen molar-refractivity contribution in [3.05, 3.63) is 64.6 Å². The van der Waals surface area contributed by atoms with Gasteiger partial charge < -0.3 is 14.8 Å². The van der Waals surface area contributed by atoms with Crippen molar-refractivity contribution >= 4 is 5.82 Å². The lowest BCUT2D eigenvalue weighted by Gasteiger charge is -2.22. The van der Waals surface area contributed by atoms with Crippen LogP contribution in [0.1, 0.15) is 32.5 Å². The van der Waals surface area contributed by atoms with Crippen molar-refractivity contribution in [2.75, 3.05) is 25.6 Å². The van der Waals surface area contributed by atoms with Crippen molar-refractivity contribution in [1.29, 1.82) is 0 Å². The van der Waals surface area contributed by atoms with Gasteiger partial charge in [-0.15, -0.1) is 5.10 Å². The van der Waals surface area contributed by atoms with Gasteiger partial charge in [-0.2, -0.15) is 10.2 Å². The normalized spacial score (nSPS) is 18.7. The van der Waals surface area contributed by atoms with Gasteiger partial charge in [0.05, 0.1) is 37.8 Å². The first kappa shape index (κ1) is 21.0. The number of methoxy groups -OCH3 is 1. The molecule has 0 spiro atoms. The lowest BCUT2D eigenvalue weighted by atomic mass is 9.92. The summed E-state index contributed by atoms with van der Waals surface area (Å²) in [5.41, 5.74) is 2.24. The molecule has 2 atom stereocenters. The van der Waals surface area contributed by atoms with Gasteiger partial charge in [0.15, 0.2) is 0 Å². The van der Waals surface area contributed by atoms with Gasteiger partial charge in [0.25, 0.3) is 5.56 Å². The van der Waals surface area contributed by atoms with E-state index in [2.05, 4.69) is 41.4 Å². The van der Waals surface area contributed by atoms with E-state index in [4.69, 9.17) is 9.47 Å². The van der Waals surface area contributed by atoms with Gasteiger partial charge in [0.2, 0.25) is 0 Å². The van der Waals surface area contributed by atoms with Gasteiger partial charge in [0, 0.05) is 17.0 Å². The Hall–Kier alpha value is -3.26. The maximum atomic E-state index is 12.6. The number of aromatic nitrogens is 4. The van der Waals surface area contributed by atoms with Crippen LogP contribution in [0, 0.1) is 0 Å². The van der Waals surface area contributed by atoms with Gasteiger partial charge >= 0.3 is 0 Å². The topological polar surface area (TPSA) is 91.2 Å². The number of hydrogen-bond donors (Lipinski definition) is 1. The molecule has 4 rings (SSSR count). The van der Waals surface area contributed by atoms with Crippen molar-refractivity contribution in [3.63, 3.8) is 0 Å². The highest BCUT2D eigenvalue weighted by atomic mass is 16.5. The van der Waals surface area contributed by atoms with Crippen molar-refractivity contribution in [1.82, 2.24) is 20.0 Å². The molecule has 31 heavy (non-hydrogen) atoms. The molecule has 0 amide bonds. The van der Waals surface area contributed by atoms with E-state index in [-0.39, 0.29) is 23.1 Å². The average molecular weight is 422 g/mol. The first-order chi connectivity index (χ1) is 14.8. The standard InChI is InChI=1S/C23H27N5O3/c1-23(2,3)20-9-10-21(26-25-20)24-18-13-31-14-19(18)28-22(29)11-8-17(27-28)15-6-5-7-16(12-15)30-4/h5-12,18-19H,13-14H2,1-4H3,(H,24,26). The van der Waals surface area contributed by atoms with Crippen molar-refractivity contribution < 1.29 is 9.47 Å². The number of rotatable bonds is 5. The van der Waals surface area contributed by atoms with Crippen molar-refractivity contribution in [3.8, 4) is 17.0 Å². The summed E-state index contributed by atoms with van der Waals surface area (Å²) in [6.45, 7) is 7.12. The van der Waals surface area contributed by atoms with Crippen molar-refractivity contribution in [2.24, 2.45) is 0 Å². The highest BCUT2D eigenvalue weighted by Crippen LogP contribution is 2.25. The Kier molecular flexibility index (Phi) is 5.73. The molecule has 1 aliphatic rings. The summed E-state index contributed by atoms with van der Waals surface area (Å²) in [6.07, 6.45) is 0. The summed E-state index contributed by atoms with van der Waals surface area (Å²) in [5, 5.41) is 16.6. The van der Waals surface area contributed by atoms with Crippen LogP contribution in [0.25, 0.3) is 11.3 Å². The van der Waals surface area contributed by atoms with Crippen LogP contribution in [0.2, 0.25) is 0 Å². The van der Waals surface area contributed by atoms with Gasteiger partial charge in [-0.3, -0.25) is 4.79 Å². The van der Waals surface area contributed by atoms with Crippen LogP contribution in [0.3, 0.4) is 0 Å². The lowest BCUT2D eigenvalue weighted by molar-refractivity contribution is 0.183. The number of anilines is 1. The second-order valence-corrected chi connectivity index (χ2v) is 8.64. The number of hydrogen-bond acceptors (Lipinski definition) is 7. The third-order valence-corrected chi connectivity index (χ3v) is 5.32. The molecule has 1 saturated heterocycles. The smallest absolute Gasteiger partial charge is 0.267 e. The van der Waals surface area contributed by atoms with E-state index in [9.17, 15) is 4.79 Å². The Morgan fingerprint density at radius 1 is 1.10 bits per heavy atom. The number of ether oxygens (including phenoxy) is 2. The molecular formula is C23H27N5O3. The SMILES string of the molecule is COc1cccc(-c2ccc(=O)n(C3COCC3Nc3ccc(C(C)(C)C)nn3)n2)c1. The maximum absolute atomic E-state index is 12.6. The van der Waals surface area contributed by atoms with E-state index in [1.165, 1.54) is 10.7 Å². The van der Waals surface area contributed by atoms with Crippen LogP contribution in [0.5, 0.6) is 5.75 Å². The average Bonchev–Trinajstić information content (AvgIpc) is 3.21. The Balaban J connectivity index is 1.59. The molecule has 0 radical (unpaired) electrons. The lowest BCUT2D eigenvalue weighted by Crippen LogP contribution is -2.37. The van der Waals surface area contributed by atoms with Gasteiger partial charge in [-0.05, 0) is 30.3 Å². The van der Waals surface area contributed by atoms with Gasteiger partial charge in [0.1, 0.15) is 17.6 Å². The van der Waals surface area contributed by atoms with Crippen LogP contribution in [-0.4, -0.2) is 46.3 Å². The monoisotopic (exact) mass is 421 g/mol. The second kappa shape index (κ2) is 8.47. The molecule has 0 saturated carbocycles. The molecular weight excluding hydrogens is 394 g/mol. The minimum Gasteiger partial charge on any atom is -0.497 e. The fraction of sp³-hybridized carbons (Fsp3) is 0.391. The molecule has 8 heteroatoms. The Morgan fingerprint density at radius 3 is 2.65 bits per heavy atom. The second-order valence-electron chi connectivity index (χ2n) is 8.64. The third-order valence-electron chi connectivity index (χ3n) is 5.32. The number of benzene rings is 1. The predicted molar refractivity (Wildman–Crippen MR) is 118 cm³/mol. The van der Waals surface area contributed by atoms with E-state index >= 15 is 0 Å². The minimum atomic E-state index is -0.262. The predicted octanol–water partition coefficient (Wildman–Crippen LogP) is 3.06. The molecule has 0 aliphatic carbocycles. The fourth-order valence-electron chi connectivity index (χ4n) is 3.52. The zero-order valence-electron chi connectivity index (χ0n) is 18.2. The van der Waals surface area contributed by atoms with Crippen LogP contribution < -0.4 is 15.6 Å². The number of nitrogens with one attached hydrogen (secondary N) is 1. The molecule has 3 aromatic rings. The molecule has 1 fully saturated rings. The van der Waals surface area contributed by atoms with Crippen LogP contribution in [0.4, 0.5) is 5.82 Å². The van der Waals surface area contributed by atoms with Crippen molar-refractivity contribution in [2.45, 2.75) is 38.3 Å². The molecule has 8 nitrogen and oxygen atoms in total. The summed E-state index contributed by atoms with van der Waals surface area (Å²) in [4.78, 5) is 12.6. The maximum Gasteiger partial charge on any atom is 0.267 e. The van der Waals surface area contributed by atoms with Gasteiger partial charge in [-0.1, -0.05) is 32.9 Å². The van der Waals surface area contributed by atoms with Crippen LogP contribution >= 0.6 is 0 Å². The first-order valence-corrected chi connectivity index (χ1v) is 10.3. The summed E-state index contributed by atoms with van der Waals surface area (Å²) in [6, 6.07) is 14.3. The molecule has 1 N–H and O–H groups in total. The zero-order valence-corrected chi connectivity index (χ0v) is 18.2. The van der Waals surface area contributed by atoms with Crippen LogP contribution in [0.15, 0.2) is 53.3 Å². The van der Waals surface area contributed by atoms with E-state index < -0.39 is 0 Å². The molecule has 162 valence electrons. The molecule has 0 bridgehead atoms. The zero-order chi connectivity index (χ0) is 22.0. The minimum absolute atomic E-state index is 0.0671. The van der Waals surface area contributed by atoms with Crippen LogP contribution in [-0.2, 0) is 10.2 Å². The molecule has 1 aromatic carbocycles. The van der Waals surface area contributed by atoms with E-state index in [1.54, 1.807) is 13.2 Å². The fourth-order valence-corrected chi connectivity index (χ4v) is 3.52. The first-order valence-electron chi connectivity index (χ1n) is 10.3. The Morgan fingerprint density at radius 2 is 1.94 bits per heavy atom. The molecule has 3 heterocycles. The molecule has 1 aliphatic heterocycles. The highest BCUT2D eigenvalue weighted by molar-refractivity contribution is 5.60. The summed E-state index contributed by atoms with van der Waals surface area (Å²) in [7, 11) is 1.62. The summed E-state index contributed by atoms with van der Waals surface area (Å²) >= 11 is 0. The van der Waals surface area contributed by atoms with E-state index in [0.717, 1.165) is 17.0 Å².